The van der Waals surface area contributed by atoms with Crippen molar-refractivity contribution in [2.24, 2.45) is 0 Å². The second-order valence-corrected chi connectivity index (χ2v) is 13.2. The van der Waals surface area contributed by atoms with E-state index in [1.165, 1.54) is 12.1 Å². The average molecular weight is 662 g/mol. The van der Waals surface area contributed by atoms with Crippen LogP contribution in [0.4, 0.5) is 10.5 Å². The van der Waals surface area contributed by atoms with Gasteiger partial charge in [-0.3, -0.25) is 9.69 Å². The lowest BCUT2D eigenvalue weighted by molar-refractivity contribution is -0.132. The molecule has 1 unspecified atom stereocenters. The first kappa shape index (κ1) is 33.7. The molecule has 6 rings (SSSR count). The molecule has 2 saturated heterocycles. The average Bonchev–Trinajstić information content (AvgIpc) is 3.26. The van der Waals surface area contributed by atoms with Gasteiger partial charge in [-0.2, -0.15) is 4.31 Å². The molecule has 3 aromatic carbocycles. The van der Waals surface area contributed by atoms with E-state index in [1.807, 2.05) is 6.92 Å². The Kier molecular flexibility index (Phi) is 10.3. The van der Waals surface area contributed by atoms with Crippen LogP contribution in [0.25, 0.3) is 0 Å². The number of ether oxygens (including phenoxy) is 1. The van der Waals surface area contributed by atoms with E-state index in [4.69, 9.17) is 4.74 Å². The Labute approximate surface area is 271 Å². The van der Waals surface area contributed by atoms with Crippen LogP contribution in [0.15, 0.2) is 83.8 Å². The first-order valence-corrected chi connectivity index (χ1v) is 15.9. The van der Waals surface area contributed by atoms with Crippen molar-refractivity contribution in [3.05, 3.63) is 95.6 Å². The van der Waals surface area contributed by atoms with Crippen LogP contribution in [-0.2, 0) is 25.2 Å². The second kappa shape index (κ2) is 13.5. The molecule has 9 nitrogen and oxygen atoms in total. The van der Waals surface area contributed by atoms with Crippen molar-refractivity contribution in [3.63, 3.8) is 0 Å². The summed E-state index contributed by atoms with van der Waals surface area (Å²) >= 11 is 0. The Morgan fingerprint density at radius 3 is 2.05 bits per heavy atom. The molecule has 3 heterocycles. The lowest BCUT2D eigenvalue weighted by atomic mass is 9.86. The first-order valence-electron chi connectivity index (χ1n) is 14.4. The topological polar surface area (TPSA) is 90.5 Å². The van der Waals surface area contributed by atoms with E-state index < -0.39 is 27.6 Å². The zero-order chi connectivity index (χ0) is 29.5. The summed E-state index contributed by atoms with van der Waals surface area (Å²) in [6, 6.07) is 22.2. The van der Waals surface area contributed by atoms with Crippen molar-refractivity contribution in [1.82, 2.24) is 14.7 Å². The van der Waals surface area contributed by atoms with Crippen molar-refractivity contribution >= 4 is 52.5 Å². The number of anilines is 1. The van der Waals surface area contributed by atoms with Gasteiger partial charge in [0.25, 0.3) is 15.9 Å². The highest BCUT2D eigenvalue weighted by molar-refractivity contribution is 7.93. The maximum absolute atomic E-state index is 14.6. The summed E-state index contributed by atoms with van der Waals surface area (Å²) < 4.78 is 35.0. The Bertz CT molecular complexity index is 1580. The number of piperazine rings is 1. The number of hydrogen-bond acceptors (Lipinski definition) is 7. The van der Waals surface area contributed by atoms with Gasteiger partial charge in [-0.05, 0) is 64.2 Å². The number of amides is 2. The third-order valence-corrected chi connectivity index (χ3v) is 10.4. The van der Waals surface area contributed by atoms with Gasteiger partial charge in [-0.1, -0.05) is 60.2 Å². The van der Waals surface area contributed by atoms with Gasteiger partial charge in [0.2, 0.25) is 5.60 Å². The van der Waals surface area contributed by atoms with Gasteiger partial charge >= 0.3 is 6.09 Å². The molecule has 12 heteroatoms. The maximum Gasteiger partial charge on any atom is 0.411 e. The number of aryl methyl sites for hydroxylation is 1. The molecule has 2 fully saturated rings. The Hall–Kier alpha value is -3.15. The second-order valence-electron chi connectivity index (χ2n) is 11.4. The summed E-state index contributed by atoms with van der Waals surface area (Å²) in [6.45, 7) is 6.37. The van der Waals surface area contributed by atoms with E-state index in [9.17, 15) is 18.0 Å². The minimum Gasteiger partial charge on any atom is -0.422 e. The van der Waals surface area contributed by atoms with Gasteiger partial charge in [-0.25, -0.2) is 13.2 Å². The van der Waals surface area contributed by atoms with E-state index in [1.54, 1.807) is 71.6 Å². The summed E-state index contributed by atoms with van der Waals surface area (Å²) in [6.07, 6.45) is 1.57. The van der Waals surface area contributed by atoms with Crippen LogP contribution in [0.2, 0.25) is 0 Å². The maximum atomic E-state index is 14.6. The minimum absolute atomic E-state index is 0. The molecule has 0 bridgehead atoms. The zero-order valence-electron chi connectivity index (χ0n) is 24.8. The van der Waals surface area contributed by atoms with Crippen molar-refractivity contribution in [1.29, 1.82) is 0 Å². The van der Waals surface area contributed by atoms with E-state index in [0.29, 0.717) is 30.3 Å². The molecule has 0 N–H and O–H groups in total. The highest BCUT2D eigenvalue weighted by atomic mass is 35.5. The van der Waals surface area contributed by atoms with Crippen LogP contribution in [-0.4, -0.2) is 87.5 Å². The van der Waals surface area contributed by atoms with Gasteiger partial charge in [0.1, 0.15) is 0 Å². The third-order valence-electron chi connectivity index (χ3n) is 8.71. The first-order chi connectivity index (χ1) is 20.2. The number of fused-ring (bicyclic) bond motifs is 1. The van der Waals surface area contributed by atoms with Gasteiger partial charge in [-0.15, -0.1) is 24.8 Å². The van der Waals surface area contributed by atoms with Crippen molar-refractivity contribution < 1.29 is 22.7 Å². The van der Waals surface area contributed by atoms with Crippen LogP contribution in [0.3, 0.4) is 0 Å². The number of halogens is 2. The highest BCUT2D eigenvalue weighted by Gasteiger charge is 2.59. The molecule has 0 aliphatic carbocycles. The quantitative estimate of drug-likeness (QED) is 0.393. The molecule has 3 aliphatic rings. The molecular weight excluding hydrogens is 623 g/mol. The molecule has 0 saturated carbocycles. The normalized spacial score (nSPS) is 21.3. The molecule has 236 valence electrons. The van der Waals surface area contributed by atoms with E-state index in [2.05, 4.69) is 16.8 Å². The summed E-state index contributed by atoms with van der Waals surface area (Å²) in [5.74, 6) is -0.837. The number of nitrogens with zero attached hydrogens (tertiary/aromatic N) is 4. The number of rotatable bonds is 5. The molecule has 2 amide bonds. The van der Waals surface area contributed by atoms with Gasteiger partial charge in [0.05, 0.1) is 10.6 Å². The summed E-state index contributed by atoms with van der Waals surface area (Å²) in [7, 11) is -2.17. The smallest absolute Gasteiger partial charge is 0.411 e. The zero-order valence-corrected chi connectivity index (χ0v) is 27.2. The van der Waals surface area contributed by atoms with Crippen LogP contribution >= 0.6 is 24.8 Å². The van der Waals surface area contributed by atoms with Crippen LogP contribution < -0.4 is 4.31 Å². The summed E-state index contributed by atoms with van der Waals surface area (Å²) in [5.41, 5.74) is -0.253. The molecule has 3 aliphatic heterocycles. The number of hydrogen-bond donors (Lipinski definition) is 0. The predicted molar refractivity (Wildman–Crippen MR) is 174 cm³/mol. The number of sulfonamides is 1. The van der Waals surface area contributed by atoms with Gasteiger partial charge in [0.15, 0.2) is 0 Å². The summed E-state index contributed by atoms with van der Waals surface area (Å²) in [4.78, 5) is 34.8. The summed E-state index contributed by atoms with van der Waals surface area (Å²) in [5, 5.41) is 0. The molecule has 44 heavy (non-hydrogen) atoms. The lowest BCUT2D eigenvalue weighted by Gasteiger charge is -2.42. The number of benzene rings is 3. The van der Waals surface area contributed by atoms with E-state index in [-0.39, 0.29) is 35.4 Å². The Morgan fingerprint density at radius 1 is 0.841 bits per heavy atom. The highest BCUT2D eigenvalue weighted by Crippen LogP contribution is 2.49. The molecule has 0 spiro atoms. The number of likely N-dealkylation sites (tertiary alicyclic amines) is 1. The standard InChI is InChI=1S/C32H36N4O5S.2ClH/c1-24-13-14-29-28(23-24)32(25-9-5-3-6-10-25,30(37)36(29)42(39,40)27-11-7-4-8-12-27)41-31(38)35-21-19-34(20-22-35)26-15-17-33(2)18-16-26;;/h3-14,23,26H,15-22H2,1-2H3;2*1H. The lowest BCUT2D eigenvalue weighted by Crippen LogP contribution is -2.55. The molecule has 1 atom stereocenters. The van der Waals surface area contributed by atoms with Crippen LogP contribution in [0.5, 0.6) is 0 Å². The largest absolute Gasteiger partial charge is 0.422 e. The van der Waals surface area contributed by atoms with Crippen molar-refractivity contribution in [2.75, 3.05) is 50.6 Å². The monoisotopic (exact) mass is 660 g/mol. The number of piperidine rings is 1. The molecule has 3 aromatic rings. The Morgan fingerprint density at radius 2 is 1.43 bits per heavy atom. The van der Waals surface area contributed by atoms with E-state index in [0.717, 1.165) is 48.9 Å². The van der Waals surface area contributed by atoms with Gasteiger partial charge in [0, 0.05) is 43.3 Å². The molecule has 0 aromatic heterocycles. The number of carbonyl (C=O) groups excluding carboxylic acids is 2. The van der Waals surface area contributed by atoms with Crippen LogP contribution in [0.1, 0.15) is 29.5 Å². The van der Waals surface area contributed by atoms with Crippen molar-refractivity contribution in [3.8, 4) is 0 Å². The minimum atomic E-state index is -4.31. The predicted octanol–water partition coefficient (Wildman–Crippen LogP) is 4.67. The fourth-order valence-electron chi connectivity index (χ4n) is 6.35. The molecule has 0 radical (unpaired) electrons. The van der Waals surface area contributed by atoms with Crippen LogP contribution in [0, 0.1) is 6.92 Å². The number of carbonyl (C=O) groups is 2. The van der Waals surface area contributed by atoms with Crippen molar-refractivity contribution in [2.45, 2.75) is 36.3 Å². The fourth-order valence-corrected chi connectivity index (χ4v) is 7.82. The van der Waals surface area contributed by atoms with E-state index >= 15 is 0 Å². The third kappa shape index (κ3) is 5.93. The fraction of sp³-hybridized carbons (Fsp3) is 0.375. The SMILES string of the molecule is Cc1ccc2c(c1)C(OC(=O)N1CCN(C3CCN(C)CC3)CC1)(c1ccccc1)C(=O)N2S(=O)(=O)c1ccccc1.Cl.Cl. The molecular formula is C32H38Cl2N4O5S. The Balaban J connectivity index is 0.00000221. The van der Waals surface area contributed by atoms with Gasteiger partial charge < -0.3 is 14.5 Å².